The zero-order valence-electron chi connectivity index (χ0n) is 10.4. The number of fused-ring (bicyclic) bond motifs is 1. The number of carbonyl (C=O) groups excluding carboxylic acids is 1. The van der Waals surface area contributed by atoms with Gasteiger partial charge in [-0.15, -0.1) is 5.10 Å². The molecule has 4 heteroatoms. The highest BCUT2D eigenvalue weighted by Crippen LogP contribution is 2.11. The molecule has 0 spiro atoms. The molecule has 0 N–H and O–H groups in total. The molecule has 19 heavy (non-hydrogen) atoms. The number of carbonyl (C=O) groups is 1. The Kier molecular flexibility index (Phi) is 3.06. The largest absolute Gasteiger partial charge is 0.294 e. The van der Waals surface area contributed by atoms with Gasteiger partial charge in [0.15, 0.2) is 5.78 Å². The molecule has 0 aliphatic carbocycles. The average Bonchev–Trinajstić information content (AvgIpc) is 2.89. The zero-order valence-corrected chi connectivity index (χ0v) is 10.4. The lowest BCUT2D eigenvalue weighted by atomic mass is 10.1. The number of benzene rings is 2. The van der Waals surface area contributed by atoms with E-state index in [1.807, 2.05) is 54.6 Å². The Labute approximate surface area is 110 Å². The van der Waals surface area contributed by atoms with Crippen LogP contribution in [-0.4, -0.2) is 20.8 Å². The molecule has 0 aliphatic heterocycles. The van der Waals surface area contributed by atoms with E-state index < -0.39 is 0 Å². The second-order valence-corrected chi connectivity index (χ2v) is 4.34. The molecule has 0 saturated carbocycles. The van der Waals surface area contributed by atoms with Crippen LogP contribution in [0.1, 0.15) is 16.8 Å². The third-order valence-corrected chi connectivity index (χ3v) is 3.07. The van der Waals surface area contributed by atoms with Gasteiger partial charge in [-0.1, -0.05) is 47.7 Å². The van der Waals surface area contributed by atoms with Crippen molar-refractivity contribution in [3.63, 3.8) is 0 Å². The summed E-state index contributed by atoms with van der Waals surface area (Å²) >= 11 is 0. The van der Waals surface area contributed by atoms with E-state index in [-0.39, 0.29) is 5.78 Å². The van der Waals surface area contributed by atoms with Crippen LogP contribution >= 0.6 is 0 Å². The van der Waals surface area contributed by atoms with Gasteiger partial charge in [0.05, 0.1) is 12.1 Å². The van der Waals surface area contributed by atoms with E-state index in [9.17, 15) is 4.79 Å². The van der Waals surface area contributed by atoms with E-state index in [1.165, 1.54) is 0 Å². The number of para-hydroxylation sites is 1. The van der Waals surface area contributed by atoms with Crippen LogP contribution in [0, 0.1) is 0 Å². The minimum Gasteiger partial charge on any atom is -0.294 e. The molecule has 0 atom stereocenters. The van der Waals surface area contributed by atoms with Crippen molar-refractivity contribution in [3.8, 4) is 0 Å². The molecule has 3 rings (SSSR count). The van der Waals surface area contributed by atoms with Crippen molar-refractivity contribution in [2.45, 2.75) is 13.0 Å². The zero-order chi connectivity index (χ0) is 13.1. The smallest absolute Gasteiger partial charge is 0.164 e. The van der Waals surface area contributed by atoms with Crippen molar-refractivity contribution in [1.29, 1.82) is 0 Å². The van der Waals surface area contributed by atoms with Crippen molar-refractivity contribution in [2.24, 2.45) is 0 Å². The molecule has 94 valence electrons. The Morgan fingerprint density at radius 2 is 1.74 bits per heavy atom. The summed E-state index contributed by atoms with van der Waals surface area (Å²) in [6.07, 6.45) is 0.428. The van der Waals surface area contributed by atoms with Crippen LogP contribution in [0.3, 0.4) is 0 Å². The number of ketones is 1. The number of Topliss-reactive ketones (excluding diaryl/α,β-unsaturated/α-hetero) is 1. The van der Waals surface area contributed by atoms with Crippen molar-refractivity contribution in [2.75, 3.05) is 0 Å². The second kappa shape index (κ2) is 5.02. The first kappa shape index (κ1) is 11.6. The van der Waals surface area contributed by atoms with Gasteiger partial charge in [0.2, 0.25) is 0 Å². The highest BCUT2D eigenvalue weighted by atomic mass is 16.1. The number of rotatable bonds is 4. The maximum atomic E-state index is 12.0. The van der Waals surface area contributed by atoms with E-state index in [0.29, 0.717) is 13.0 Å². The van der Waals surface area contributed by atoms with Crippen molar-refractivity contribution in [3.05, 3.63) is 60.2 Å². The maximum Gasteiger partial charge on any atom is 0.164 e. The quantitative estimate of drug-likeness (QED) is 0.670. The summed E-state index contributed by atoms with van der Waals surface area (Å²) in [4.78, 5) is 12.0. The molecule has 1 aromatic heterocycles. The first-order valence-electron chi connectivity index (χ1n) is 6.21. The molecule has 0 saturated heterocycles. The normalized spacial score (nSPS) is 10.7. The van der Waals surface area contributed by atoms with E-state index >= 15 is 0 Å². The van der Waals surface area contributed by atoms with Crippen molar-refractivity contribution < 1.29 is 4.79 Å². The van der Waals surface area contributed by atoms with Gasteiger partial charge in [0.25, 0.3) is 0 Å². The van der Waals surface area contributed by atoms with Gasteiger partial charge in [0, 0.05) is 12.0 Å². The van der Waals surface area contributed by atoms with Crippen molar-refractivity contribution >= 4 is 16.8 Å². The molecular formula is C15H13N3O. The minimum absolute atomic E-state index is 0.125. The Morgan fingerprint density at radius 3 is 2.58 bits per heavy atom. The monoisotopic (exact) mass is 251 g/mol. The van der Waals surface area contributed by atoms with Gasteiger partial charge in [-0.3, -0.25) is 4.79 Å². The number of aromatic nitrogens is 3. The van der Waals surface area contributed by atoms with E-state index in [0.717, 1.165) is 16.6 Å². The summed E-state index contributed by atoms with van der Waals surface area (Å²) in [5.41, 5.74) is 2.56. The molecule has 1 heterocycles. The standard InChI is InChI=1S/C15H13N3O/c19-15(12-6-2-1-3-7-12)10-11-18-14-9-5-4-8-13(14)16-17-18/h1-9H,10-11H2. The van der Waals surface area contributed by atoms with Crippen LogP contribution in [-0.2, 0) is 6.54 Å². The minimum atomic E-state index is 0.125. The lowest BCUT2D eigenvalue weighted by Crippen LogP contribution is -2.07. The highest BCUT2D eigenvalue weighted by Gasteiger charge is 2.08. The van der Waals surface area contributed by atoms with Crippen LogP contribution in [0.15, 0.2) is 54.6 Å². The van der Waals surface area contributed by atoms with Crippen LogP contribution in [0.4, 0.5) is 0 Å². The summed E-state index contributed by atoms with van der Waals surface area (Å²) in [7, 11) is 0. The van der Waals surface area contributed by atoms with Gasteiger partial charge in [-0.25, -0.2) is 4.68 Å². The molecule has 0 aliphatic rings. The fraction of sp³-hybridized carbons (Fsp3) is 0.133. The summed E-state index contributed by atoms with van der Waals surface area (Å²) in [6, 6.07) is 17.1. The van der Waals surface area contributed by atoms with E-state index in [2.05, 4.69) is 10.3 Å². The van der Waals surface area contributed by atoms with E-state index in [4.69, 9.17) is 0 Å². The average molecular weight is 251 g/mol. The molecule has 2 aromatic carbocycles. The summed E-state index contributed by atoms with van der Waals surface area (Å²) < 4.78 is 1.77. The molecule has 0 amide bonds. The molecule has 0 unspecified atom stereocenters. The Balaban J connectivity index is 1.75. The molecule has 0 fully saturated rings. The fourth-order valence-electron chi connectivity index (χ4n) is 2.06. The Hall–Kier alpha value is -2.49. The third kappa shape index (κ3) is 2.38. The highest BCUT2D eigenvalue weighted by molar-refractivity contribution is 5.96. The number of hydrogen-bond donors (Lipinski definition) is 0. The van der Waals surface area contributed by atoms with Crippen molar-refractivity contribution in [1.82, 2.24) is 15.0 Å². The van der Waals surface area contributed by atoms with Gasteiger partial charge in [-0.2, -0.15) is 0 Å². The number of aryl methyl sites for hydroxylation is 1. The molecule has 4 nitrogen and oxygen atoms in total. The lowest BCUT2D eigenvalue weighted by Gasteiger charge is -2.02. The Morgan fingerprint density at radius 1 is 1.00 bits per heavy atom. The molecular weight excluding hydrogens is 238 g/mol. The summed E-state index contributed by atoms with van der Waals surface area (Å²) in [5.74, 6) is 0.125. The first-order valence-corrected chi connectivity index (χ1v) is 6.21. The summed E-state index contributed by atoms with van der Waals surface area (Å²) in [5, 5.41) is 8.15. The third-order valence-electron chi connectivity index (χ3n) is 3.07. The van der Waals surface area contributed by atoms with Gasteiger partial charge in [0.1, 0.15) is 5.52 Å². The van der Waals surface area contributed by atoms with Crippen LogP contribution in [0.25, 0.3) is 11.0 Å². The topological polar surface area (TPSA) is 47.8 Å². The SMILES string of the molecule is O=C(CCn1nnc2ccccc21)c1ccccc1. The number of hydrogen-bond acceptors (Lipinski definition) is 3. The molecule has 3 aromatic rings. The van der Waals surface area contributed by atoms with Gasteiger partial charge in [-0.05, 0) is 12.1 Å². The van der Waals surface area contributed by atoms with Crippen LogP contribution < -0.4 is 0 Å². The fourth-order valence-corrected chi connectivity index (χ4v) is 2.06. The second-order valence-electron chi connectivity index (χ2n) is 4.34. The maximum absolute atomic E-state index is 12.0. The predicted octanol–water partition coefficient (Wildman–Crippen LogP) is 2.70. The van der Waals surface area contributed by atoms with Crippen LogP contribution in [0.5, 0.6) is 0 Å². The Bertz CT molecular complexity index is 703. The van der Waals surface area contributed by atoms with Crippen LogP contribution in [0.2, 0.25) is 0 Å². The molecule has 0 bridgehead atoms. The predicted molar refractivity (Wildman–Crippen MR) is 72.9 cm³/mol. The van der Waals surface area contributed by atoms with Gasteiger partial charge < -0.3 is 0 Å². The summed E-state index contributed by atoms with van der Waals surface area (Å²) in [6.45, 7) is 0.550. The lowest BCUT2D eigenvalue weighted by molar-refractivity contribution is 0.0976. The van der Waals surface area contributed by atoms with Gasteiger partial charge >= 0.3 is 0 Å². The van der Waals surface area contributed by atoms with E-state index in [1.54, 1.807) is 4.68 Å². The number of nitrogens with zero attached hydrogens (tertiary/aromatic N) is 3. The molecule has 0 radical (unpaired) electrons. The first-order chi connectivity index (χ1) is 9.34.